The molecule has 4 aromatic heterocycles. The molecule has 0 saturated heterocycles. The number of nitrogens with zero attached hydrogens (tertiary/aromatic N) is 4. The Morgan fingerprint density at radius 2 is 0.918 bits per heavy atom. The van der Waals surface area contributed by atoms with Crippen LogP contribution in [0.1, 0.15) is 0 Å². The number of benzene rings is 9. The van der Waals surface area contributed by atoms with Crippen molar-refractivity contribution < 1.29 is 4.42 Å². The van der Waals surface area contributed by atoms with E-state index in [4.69, 9.17) is 14.4 Å². The van der Waals surface area contributed by atoms with Crippen LogP contribution in [0.15, 0.2) is 211 Å². The van der Waals surface area contributed by atoms with Gasteiger partial charge in [-0.15, -0.1) is 0 Å². The SMILES string of the molecule is c1ccc(-c2ccc(-n3c4ccccc4c4ccc5c(c6c7oc8ccccc8c7ccc6n5-c5ccc(-c6nc(-c7ccccc7)c7ccccc7n6)cc5)c43)cc2)cc1. The van der Waals surface area contributed by atoms with Gasteiger partial charge in [-0.3, -0.25) is 0 Å². The number of rotatable bonds is 5. The zero-order valence-corrected chi connectivity index (χ0v) is 32.8. The van der Waals surface area contributed by atoms with Gasteiger partial charge in [0.15, 0.2) is 5.82 Å². The third-order valence-electron chi connectivity index (χ3n) is 12.3. The summed E-state index contributed by atoms with van der Waals surface area (Å²) in [5.41, 5.74) is 14.6. The zero-order valence-electron chi connectivity index (χ0n) is 32.8. The van der Waals surface area contributed by atoms with Crippen LogP contribution in [0.5, 0.6) is 0 Å². The van der Waals surface area contributed by atoms with E-state index in [-0.39, 0.29) is 0 Å². The second kappa shape index (κ2) is 13.1. The first kappa shape index (κ1) is 33.7. The third-order valence-corrected chi connectivity index (χ3v) is 12.3. The largest absolute Gasteiger partial charge is 0.455 e. The number of para-hydroxylation sites is 3. The number of fused-ring (bicyclic) bond motifs is 12. The van der Waals surface area contributed by atoms with E-state index in [0.29, 0.717) is 5.82 Å². The number of furan rings is 1. The summed E-state index contributed by atoms with van der Waals surface area (Å²) in [4.78, 5) is 10.2. The first-order valence-corrected chi connectivity index (χ1v) is 20.7. The number of aromatic nitrogens is 4. The lowest BCUT2D eigenvalue weighted by Gasteiger charge is -2.12. The molecule has 4 heterocycles. The highest BCUT2D eigenvalue weighted by molar-refractivity contribution is 6.32. The maximum atomic E-state index is 6.88. The molecule has 284 valence electrons. The first-order chi connectivity index (χ1) is 30.3. The molecule has 0 aliphatic heterocycles. The molecule has 0 spiro atoms. The van der Waals surface area contributed by atoms with E-state index in [9.17, 15) is 0 Å². The van der Waals surface area contributed by atoms with E-state index < -0.39 is 0 Å². The maximum absolute atomic E-state index is 6.88. The molecular weight excluding hydrogens is 745 g/mol. The summed E-state index contributed by atoms with van der Waals surface area (Å²) < 4.78 is 11.7. The molecule has 0 amide bonds. The van der Waals surface area contributed by atoms with Crippen molar-refractivity contribution in [2.24, 2.45) is 0 Å². The molecule has 9 aromatic carbocycles. The van der Waals surface area contributed by atoms with Gasteiger partial charge >= 0.3 is 0 Å². The molecule has 0 fully saturated rings. The minimum atomic E-state index is 0.694. The van der Waals surface area contributed by atoms with Crippen LogP contribution in [0.3, 0.4) is 0 Å². The Morgan fingerprint density at radius 1 is 0.344 bits per heavy atom. The lowest BCUT2D eigenvalue weighted by Crippen LogP contribution is -1.97. The van der Waals surface area contributed by atoms with Crippen LogP contribution >= 0.6 is 0 Å². The molecule has 0 saturated carbocycles. The van der Waals surface area contributed by atoms with Crippen molar-refractivity contribution in [1.82, 2.24) is 19.1 Å². The van der Waals surface area contributed by atoms with Crippen molar-refractivity contribution in [3.63, 3.8) is 0 Å². The minimum absolute atomic E-state index is 0.694. The Labute approximate surface area is 350 Å². The van der Waals surface area contributed by atoms with E-state index in [1.807, 2.05) is 24.3 Å². The smallest absolute Gasteiger partial charge is 0.160 e. The zero-order chi connectivity index (χ0) is 40.0. The van der Waals surface area contributed by atoms with E-state index in [0.717, 1.165) is 93.9 Å². The van der Waals surface area contributed by atoms with Gasteiger partial charge in [0.25, 0.3) is 0 Å². The average Bonchev–Trinajstić information content (AvgIpc) is 4.00. The Kier molecular flexibility index (Phi) is 7.24. The molecule has 0 aliphatic carbocycles. The van der Waals surface area contributed by atoms with Crippen molar-refractivity contribution >= 4 is 76.5 Å². The van der Waals surface area contributed by atoms with E-state index in [2.05, 4.69) is 191 Å². The second-order valence-electron chi connectivity index (χ2n) is 15.7. The van der Waals surface area contributed by atoms with Gasteiger partial charge in [-0.2, -0.15) is 0 Å². The Morgan fingerprint density at radius 3 is 1.69 bits per heavy atom. The van der Waals surface area contributed by atoms with Crippen LogP contribution in [-0.2, 0) is 0 Å². The van der Waals surface area contributed by atoms with Crippen molar-refractivity contribution in [3.05, 3.63) is 206 Å². The maximum Gasteiger partial charge on any atom is 0.160 e. The van der Waals surface area contributed by atoms with Crippen molar-refractivity contribution in [2.75, 3.05) is 0 Å². The normalized spacial score (nSPS) is 11.9. The summed E-state index contributed by atoms with van der Waals surface area (Å²) in [5.74, 6) is 0.694. The standard InChI is InChI=1S/C56H34N4O/c1-3-13-35(14-4-1)36-23-27-40(28-24-36)60-47-21-11-8-17-41(47)43-31-33-48-51(54(43)60)52-49(34-32-44-42-18-9-12-22-50(42)61-55(44)52)59(48)39-29-25-38(26-30-39)56-57-46-20-10-7-19-45(46)53(58-56)37-15-5-2-6-16-37/h1-34H. The van der Waals surface area contributed by atoms with Crippen molar-refractivity contribution in [1.29, 1.82) is 0 Å². The highest BCUT2D eigenvalue weighted by Crippen LogP contribution is 2.46. The summed E-state index contributed by atoms with van der Waals surface area (Å²) in [6, 6.07) is 73.0. The fraction of sp³-hybridized carbons (Fsp3) is 0. The predicted octanol–water partition coefficient (Wildman–Crippen LogP) is 14.7. The van der Waals surface area contributed by atoms with Gasteiger partial charge < -0.3 is 13.6 Å². The van der Waals surface area contributed by atoms with Gasteiger partial charge in [0.05, 0.1) is 38.7 Å². The molecular formula is C56H34N4O. The van der Waals surface area contributed by atoms with Gasteiger partial charge in [0.1, 0.15) is 11.2 Å². The van der Waals surface area contributed by atoms with Crippen LogP contribution in [0.25, 0.3) is 122 Å². The summed E-state index contributed by atoms with van der Waals surface area (Å²) >= 11 is 0. The predicted molar refractivity (Wildman–Crippen MR) is 252 cm³/mol. The molecule has 0 aliphatic rings. The second-order valence-corrected chi connectivity index (χ2v) is 15.7. The van der Waals surface area contributed by atoms with Crippen molar-refractivity contribution in [2.45, 2.75) is 0 Å². The molecule has 0 radical (unpaired) electrons. The number of hydrogen-bond donors (Lipinski definition) is 0. The van der Waals surface area contributed by atoms with E-state index in [1.54, 1.807) is 0 Å². The molecule has 5 nitrogen and oxygen atoms in total. The van der Waals surface area contributed by atoms with Crippen LogP contribution in [-0.4, -0.2) is 19.1 Å². The Hall–Kier alpha value is -8.28. The fourth-order valence-electron chi connectivity index (χ4n) is 9.58. The molecule has 13 aromatic rings. The monoisotopic (exact) mass is 778 g/mol. The topological polar surface area (TPSA) is 48.8 Å². The molecule has 0 bridgehead atoms. The Bertz CT molecular complexity index is 3840. The Balaban J connectivity index is 1.07. The highest BCUT2D eigenvalue weighted by Gasteiger charge is 2.24. The van der Waals surface area contributed by atoms with E-state index in [1.165, 1.54) is 21.9 Å². The molecule has 61 heavy (non-hydrogen) atoms. The van der Waals surface area contributed by atoms with E-state index >= 15 is 0 Å². The molecule has 0 atom stereocenters. The van der Waals surface area contributed by atoms with Crippen LogP contribution < -0.4 is 0 Å². The number of hydrogen-bond acceptors (Lipinski definition) is 3. The minimum Gasteiger partial charge on any atom is -0.455 e. The summed E-state index contributed by atoms with van der Waals surface area (Å²) in [5, 5.41) is 7.89. The third kappa shape index (κ3) is 5.08. The molecule has 0 unspecified atom stereocenters. The van der Waals surface area contributed by atoms with Gasteiger partial charge in [0, 0.05) is 54.8 Å². The summed E-state index contributed by atoms with van der Waals surface area (Å²) in [7, 11) is 0. The van der Waals surface area contributed by atoms with Crippen LogP contribution in [0, 0.1) is 0 Å². The molecule has 5 heteroatoms. The summed E-state index contributed by atoms with van der Waals surface area (Å²) in [6.07, 6.45) is 0. The van der Waals surface area contributed by atoms with Gasteiger partial charge in [-0.1, -0.05) is 133 Å². The lowest BCUT2D eigenvalue weighted by atomic mass is 10.0. The van der Waals surface area contributed by atoms with Crippen molar-refractivity contribution in [3.8, 4) is 45.1 Å². The van der Waals surface area contributed by atoms with Gasteiger partial charge in [0.2, 0.25) is 0 Å². The quantitative estimate of drug-likeness (QED) is 0.175. The average molecular weight is 779 g/mol. The molecule has 13 rings (SSSR count). The van der Waals surface area contributed by atoms with Gasteiger partial charge in [-0.25, -0.2) is 9.97 Å². The fourth-order valence-corrected chi connectivity index (χ4v) is 9.58. The van der Waals surface area contributed by atoms with Crippen LogP contribution in [0.4, 0.5) is 0 Å². The highest BCUT2D eigenvalue weighted by atomic mass is 16.3. The molecule has 0 N–H and O–H groups in total. The van der Waals surface area contributed by atoms with Crippen LogP contribution in [0.2, 0.25) is 0 Å². The lowest BCUT2D eigenvalue weighted by molar-refractivity contribution is 0.673. The van der Waals surface area contributed by atoms with Gasteiger partial charge in [-0.05, 0) is 83.9 Å². The summed E-state index contributed by atoms with van der Waals surface area (Å²) in [6.45, 7) is 0. The first-order valence-electron chi connectivity index (χ1n) is 20.7.